The van der Waals surface area contributed by atoms with Crippen molar-refractivity contribution in [2.24, 2.45) is 0 Å². The minimum atomic E-state index is -3.90. The molecule has 0 aliphatic heterocycles. The zero-order valence-electron chi connectivity index (χ0n) is 15.5. The molecule has 1 N–H and O–H groups in total. The molecule has 1 heterocycles. The molecule has 2 aromatic carbocycles. The Hall–Kier alpha value is -1.80. The first-order valence-electron chi connectivity index (χ1n) is 8.85. The SMILES string of the molecule is CCCCSC(=O)c1cccc(NS(=O)(=O)c2ccc3c(Cl)cnc(Cl)c3c2)c1. The third kappa shape index (κ3) is 5.22. The minimum absolute atomic E-state index is 0.0185. The van der Waals surface area contributed by atoms with Crippen molar-refractivity contribution >= 4 is 66.6 Å². The Morgan fingerprint density at radius 1 is 1.14 bits per heavy atom. The van der Waals surface area contributed by atoms with E-state index in [0.29, 0.717) is 27.0 Å². The Kier molecular flexibility index (Phi) is 7.05. The van der Waals surface area contributed by atoms with E-state index in [2.05, 4.69) is 16.6 Å². The number of unbranched alkanes of at least 4 members (excludes halogenated alkanes) is 1. The molecular weight excluding hydrogens is 451 g/mol. The molecule has 152 valence electrons. The maximum Gasteiger partial charge on any atom is 0.261 e. The van der Waals surface area contributed by atoms with Crippen LogP contribution in [0.25, 0.3) is 10.8 Å². The van der Waals surface area contributed by atoms with Crippen molar-refractivity contribution < 1.29 is 13.2 Å². The maximum absolute atomic E-state index is 12.8. The third-order valence-corrected chi connectivity index (χ3v) is 7.13. The molecule has 0 bridgehead atoms. The molecular formula is C20H18Cl2N2O3S2. The summed E-state index contributed by atoms with van der Waals surface area (Å²) in [6.07, 6.45) is 3.38. The molecule has 3 aromatic rings. The Morgan fingerprint density at radius 2 is 1.93 bits per heavy atom. The smallest absolute Gasteiger partial charge is 0.261 e. The second kappa shape index (κ2) is 9.34. The lowest BCUT2D eigenvalue weighted by atomic mass is 10.2. The van der Waals surface area contributed by atoms with E-state index in [0.717, 1.165) is 18.6 Å². The Morgan fingerprint density at radius 3 is 2.69 bits per heavy atom. The zero-order valence-corrected chi connectivity index (χ0v) is 18.6. The number of anilines is 1. The van der Waals surface area contributed by atoms with Crippen LogP contribution >= 0.6 is 35.0 Å². The molecule has 0 saturated heterocycles. The first-order valence-corrected chi connectivity index (χ1v) is 12.1. The fourth-order valence-electron chi connectivity index (χ4n) is 2.64. The van der Waals surface area contributed by atoms with Gasteiger partial charge in [-0.3, -0.25) is 9.52 Å². The van der Waals surface area contributed by atoms with Crippen LogP contribution in [0.15, 0.2) is 53.6 Å². The Labute approximate surface area is 183 Å². The summed E-state index contributed by atoms with van der Waals surface area (Å²) >= 11 is 13.4. The predicted octanol–water partition coefficient (Wildman–Crippen LogP) is 6.02. The van der Waals surface area contributed by atoms with Gasteiger partial charge in [0, 0.05) is 34.0 Å². The van der Waals surface area contributed by atoms with Gasteiger partial charge in [-0.05, 0) is 30.7 Å². The fourth-order valence-corrected chi connectivity index (χ4v) is 5.04. The van der Waals surface area contributed by atoms with Crippen molar-refractivity contribution in [1.29, 1.82) is 0 Å². The van der Waals surface area contributed by atoms with E-state index < -0.39 is 10.0 Å². The van der Waals surface area contributed by atoms with Gasteiger partial charge in [0.05, 0.1) is 9.92 Å². The average molecular weight is 469 g/mol. The number of fused-ring (bicyclic) bond motifs is 1. The highest BCUT2D eigenvalue weighted by Gasteiger charge is 2.17. The van der Waals surface area contributed by atoms with Crippen LogP contribution in [0.3, 0.4) is 0 Å². The molecule has 3 rings (SSSR count). The molecule has 0 radical (unpaired) electrons. The van der Waals surface area contributed by atoms with Crippen molar-refractivity contribution in [3.63, 3.8) is 0 Å². The second-order valence-corrected chi connectivity index (χ2v) is 9.80. The third-order valence-electron chi connectivity index (χ3n) is 4.15. The fraction of sp³-hybridized carbons (Fsp3) is 0.200. The molecule has 5 nitrogen and oxygen atoms in total. The standard InChI is InChI=1S/C20H18Cl2N2O3S2/c1-2-3-9-28-20(25)13-5-4-6-14(10-13)24-29(26,27)15-7-8-16-17(11-15)19(22)23-12-18(16)21/h4-8,10-12,24H,2-3,9H2,1H3. The van der Waals surface area contributed by atoms with Crippen LogP contribution in [-0.2, 0) is 10.0 Å². The summed E-state index contributed by atoms with van der Waals surface area (Å²) in [4.78, 5) is 16.2. The molecule has 0 aliphatic carbocycles. The largest absolute Gasteiger partial charge is 0.282 e. The Bertz CT molecular complexity index is 1170. The predicted molar refractivity (Wildman–Crippen MR) is 121 cm³/mol. The molecule has 9 heteroatoms. The number of carbonyl (C=O) groups is 1. The van der Waals surface area contributed by atoms with Crippen molar-refractivity contribution in [2.75, 3.05) is 10.5 Å². The van der Waals surface area contributed by atoms with Crippen molar-refractivity contribution in [3.8, 4) is 0 Å². The summed E-state index contributed by atoms with van der Waals surface area (Å²) < 4.78 is 28.2. The van der Waals surface area contributed by atoms with Gasteiger partial charge in [0.15, 0.2) is 0 Å². The number of halogens is 2. The van der Waals surface area contributed by atoms with Crippen LogP contribution in [-0.4, -0.2) is 24.3 Å². The molecule has 0 unspecified atom stereocenters. The number of thioether (sulfide) groups is 1. The highest BCUT2D eigenvalue weighted by atomic mass is 35.5. The lowest BCUT2D eigenvalue weighted by Crippen LogP contribution is -2.13. The highest BCUT2D eigenvalue weighted by Crippen LogP contribution is 2.30. The van der Waals surface area contributed by atoms with Crippen LogP contribution in [0.5, 0.6) is 0 Å². The van der Waals surface area contributed by atoms with E-state index in [1.165, 1.54) is 36.2 Å². The lowest BCUT2D eigenvalue weighted by molar-refractivity contribution is 0.108. The second-order valence-electron chi connectivity index (χ2n) is 6.28. The van der Waals surface area contributed by atoms with Gasteiger partial charge in [0.2, 0.25) is 5.12 Å². The van der Waals surface area contributed by atoms with Gasteiger partial charge in [-0.15, -0.1) is 0 Å². The van der Waals surface area contributed by atoms with Gasteiger partial charge in [-0.1, -0.05) is 66.5 Å². The van der Waals surface area contributed by atoms with Gasteiger partial charge in [0.1, 0.15) is 5.15 Å². The number of nitrogens with one attached hydrogen (secondary N) is 1. The zero-order chi connectivity index (χ0) is 21.0. The lowest BCUT2D eigenvalue weighted by Gasteiger charge is -2.11. The summed E-state index contributed by atoms with van der Waals surface area (Å²) in [5, 5.41) is 1.52. The van der Waals surface area contributed by atoms with E-state index >= 15 is 0 Å². The average Bonchev–Trinajstić information content (AvgIpc) is 2.70. The topological polar surface area (TPSA) is 76.1 Å². The first-order chi connectivity index (χ1) is 13.8. The van der Waals surface area contributed by atoms with Crippen LogP contribution in [0.1, 0.15) is 30.1 Å². The molecule has 0 fully saturated rings. The van der Waals surface area contributed by atoms with Gasteiger partial charge < -0.3 is 0 Å². The van der Waals surface area contributed by atoms with E-state index in [1.807, 2.05) is 0 Å². The Balaban J connectivity index is 1.86. The van der Waals surface area contributed by atoms with Crippen LogP contribution in [0.4, 0.5) is 5.69 Å². The molecule has 1 aromatic heterocycles. The number of aromatic nitrogens is 1. The summed E-state index contributed by atoms with van der Waals surface area (Å²) in [5.41, 5.74) is 0.756. The van der Waals surface area contributed by atoms with Gasteiger partial charge in [-0.25, -0.2) is 13.4 Å². The monoisotopic (exact) mass is 468 g/mol. The van der Waals surface area contributed by atoms with Gasteiger partial charge in [-0.2, -0.15) is 0 Å². The normalized spacial score (nSPS) is 11.6. The van der Waals surface area contributed by atoms with Crippen LogP contribution in [0, 0.1) is 0 Å². The quantitative estimate of drug-likeness (QED) is 0.339. The highest BCUT2D eigenvalue weighted by molar-refractivity contribution is 8.14. The molecule has 29 heavy (non-hydrogen) atoms. The number of carbonyl (C=O) groups excluding carboxylic acids is 1. The number of rotatable bonds is 7. The van der Waals surface area contributed by atoms with Crippen molar-refractivity contribution in [1.82, 2.24) is 4.98 Å². The van der Waals surface area contributed by atoms with E-state index in [9.17, 15) is 13.2 Å². The molecule has 0 atom stereocenters. The summed E-state index contributed by atoms with van der Waals surface area (Å²) in [6, 6.07) is 10.9. The number of hydrogen-bond acceptors (Lipinski definition) is 5. The van der Waals surface area contributed by atoms with Crippen LogP contribution in [0.2, 0.25) is 10.2 Å². The van der Waals surface area contributed by atoms with E-state index in [1.54, 1.807) is 24.3 Å². The summed E-state index contributed by atoms with van der Waals surface area (Å²) in [5.74, 6) is 0.736. The number of nitrogens with zero attached hydrogens (tertiary/aromatic N) is 1. The number of hydrogen-bond donors (Lipinski definition) is 1. The number of pyridine rings is 1. The summed E-state index contributed by atoms with van der Waals surface area (Å²) in [7, 11) is -3.90. The molecule has 0 saturated carbocycles. The van der Waals surface area contributed by atoms with Crippen LogP contribution < -0.4 is 4.72 Å². The van der Waals surface area contributed by atoms with Crippen molar-refractivity contribution in [3.05, 3.63) is 64.4 Å². The van der Waals surface area contributed by atoms with Gasteiger partial charge in [0.25, 0.3) is 10.0 Å². The molecule has 0 aliphatic rings. The van der Waals surface area contributed by atoms with Gasteiger partial charge >= 0.3 is 0 Å². The van der Waals surface area contributed by atoms with E-state index in [-0.39, 0.29) is 15.2 Å². The number of sulfonamides is 1. The maximum atomic E-state index is 12.8. The summed E-state index contributed by atoms with van der Waals surface area (Å²) in [6.45, 7) is 2.06. The van der Waals surface area contributed by atoms with E-state index in [4.69, 9.17) is 23.2 Å². The number of benzene rings is 2. The molecule has 0 amide bonds. The van der Waals surface area contributed by atoms with Crippen molar-refractivity contribution in [2.45, 2.75) is 24.7 Å². The first kappa shape index (κ1) is 21.9. The minimum Gasteiger partial charge on any atom is -0.282 e. The molecule has 0 spiro atoms.